The Morgan fingerprint density at radius 1 is 1.14 bits per heavy atom. The number of piperidine rings is 1. The van der Waals surface area contributed by atoms with Crippen molar-refractivity contribution in [2.24, 2.45) is 0 Å². The first-order valence-corrected chi connectivity index (χ1v) is 9.40. The van der Waals surface area contributed by atoms with Gasteiger partial charge in [0.25, 0.3) is 0 Å². The minimum Gasteiger partial charge on any atom is -0.338 e. The van der Waals surface area contributed by atoms with E-state index in [9.17, 15) is 0 Å². The minimum absolute atomic E-state index is 0.326. The number of aryl methyl sites for hydroxylation is 1. The van der Waals surface area contributed by atoms with Crippen LogP contribution in [0.1, 0.15) is 36.3 Å². The van der Waals surface area contributed by atoms with Crippen LogP contribution in [0.2, 0.25) is 0 Å². The normalized spacial score (nSPS) is 16.0. The summed E-state index contributed by atoms with van der Waals surface area (Å²) in [5.74, 6) is 2.60. The van der Waals surface area contributed by atoms with Crippen molar-refractivity contribution in [3.05, 3.63) is 54.2 Å². The van der Waals surface area contributed by atoms with Gasteiger partial charge >= 0.3 is 0 Å². The van der Waals surface area contributed by atoms with Crippen LogP contribution in [0, 0.1) is 6.92 Å². The molecule has 1 aliphatic heterocycles. The van der Waals surface area contributed by atoms with Crippen LogP contribution in [0.4, 0.5) is 0 Å². The van der Waals surface area contributed by atoms with Gasteiger partial charge in [0, 0.05) is 23.9 Å². The van der Waals surface area contributed by atoms with Gasteiger partial charge in [0.2, 0.25) is 5.89 Å². The Bertz CT molecular complexity index is 1080. The highest BCUT2D eigenvalue weighted by atomic mass is 16.5. The maximum Gasteiger partial charge on any atom is 0.240 e. The number of hydrogen-bond acceptors (Lipinski definition) is 8. The minimum atomic E-state index is 0.326. The van der Waals surface area contributed by atoms with E-state index in [2.05, 4.69) is 30.2 Å². The van der Waals surface area contributed by atoms with Gasteiger partial charge < -0.3 is 4.52 Å². The van der Waals surface area contributed by atoms with Crippen molar-refractivity contribution < 1.29 is 4.52 Å². The van der Waals surface area contributed by atoms with Gasteiger partial charge in [-0.25, -0.2) is 0 Å². The van der Waals surface area contributed by atoms with Crippen molar-refractivity contribution >= 4 is 5.65 Å². The van der Waals surface area contributed by atoms with Crippen molar-refractivity contribution in [3.63, 3.8) is 0 Å². The molecule has 5 heterocycles. The summed E-state index contributed by atoms with van der Waals surface area (Å²) in [4.78, 5) is 10.8. The van der Waals surface area contributed by atoms with Crippen molar-refractivity contribution in [2.75, 3.05) is 13.1 Å². The molecule has 0 radical (unpaired) electrons. The summed E-state index contributed by atoms with van der Waals surface area (Å²) in [6.45, 7) is 4.42. The fraction of sp³-hybridized carbons (Fsp3) is 0.368. The molecule has 5 rings (SSSR count). The molecule has 1 aliphatic rings. The summed E-state index contributed by atoms with van der Waals surface area (Å²) in [5.41, 5.74) is 2.62. The summed E-state index contributed by atoms with van der Waals surface area (Å²) in [5, 5.41) is 17.4. The van der Waals surface area contributed by atoms with E-state index in [0.717, 1.165) is 48.7 Å². The predicted molar refractivity (Wildman–Crippen MR) is 100 cm³/mol. The fourth-order valence-corrected chi connectivity index (χ4v) is 3.67. The van der Waals surface area contributed by atoms with E-state index in [0.29, 0.717) is 24.2 Å². The van der Waals surface area contributed by atoms with Crippen LogP contribution < -0.4 is 0 Å². The molecule has 1 fully saturated rings. The summed E-state index contributed by atoms with van der Waals surface area (Å²) in [6.07, 6.45) is 5.56. The van der Waals surface area contributed by atoms with E-state index in [1.165, 1.54) is 0 Å². The zero-order valence-corrected chi connectivity index (χ0v) is 15.6. The molecule has 0 aliphatic carbocycles. The molecule has 142 valence electrons. The number of pyridine rings is 1. The molecule has 0 bridgehead atoms. The first-order valence-electron chi connectivity index (χ1n) is 9.40. The topological polar surface area (TPSA) is 98.1 Å². The number of rotatable bonds is 4. The molecule has 0 spiro atoms. The number of likely N-dealkylation sites (tertiary alicyclic amines) is 1. The maximum absolute atomic E-state index is 5.23. The highest BCUT2D eigenvalue weighted by molar-refractivity contribution is 5.58. The third kappa shape index (κ3) is 3.24. The zero-order valence-electron chi connectivity index (χ0n) is 15.6. The molecule has 0 aromatic carbocycles. The molecule has 4 aromatic heterocycles. The summed E-state index contributed by atoms with van der Waals surface area (Å²) >= 11 is 0. The molecule has 4 aromatic rings. The molecule has 0 amide bonds. The van der Waals surface area contributed by atoms with Gasteiger partial charge in [-0.15, -0.1) is 10.2 Å². The Morgan fingerprint density at radius 2 is 2.04 bits per heavy atom. The average Bonchev–Trinajstić information content (AvgIpc) is 3.35. The van der Waals surface area contributed by atoms with E-state index in [1.54, 1.807) is 6.20 Å². The van der Waals surface area contributed by atoms with Gasteiger partial charge in [0.15, 0.2) is 17.3 Å². The van der Waals surface area contributed by atoms with E-state index in [-0.39, 0.29) is 0 Å². The first-order chi connectivity index (χ1) is 13.8. The van der Waals surface area contributed by atoms with Crippen LogP contribution >= 0.6 is 0 Å². The lowest BCUT2D eigenvalue weighted by atomic mass is 9.96. The lowest BCUT2D eigenvalue weighted by Crippen LogP contribution is -2.33. The molecule has 0 saturated carbocycles. The third-order valence-electron chi connectivity index (χ3n) is 5.13. The molecular weight excluding hydrogens is 356 g/mol. The third-order valence-corrected chi connectivity index (χ3v) is 5.13. The molecule has 9 nitrogen and oxygen atoms in total. The molecule has 0 N–H and O–H groups in total. The van der Waals surface area contributed by atoms with E-state index >= 15 is 0 Å². The lowest BCUT2D eigenvalue weighted by molar-refractivity contribution is 0.178. The summed E-state index contributed by atoms with van der Waals surface area (Å²) in [6, 6.07) is 7.83. The Morgan fingerprint density at radius 3 is 2.79 bits per heavy atom. The molecule has 0 atom stereocenters. The number of nitrogens with zero attached hydrogens (tertiary/aromatic N) is 8. The van der Waals surface area contributed by atoms with E-state index in [1.807, 2.05) is 41.9 Å². The van der Waals surface area contributed by atoms with Crippen LogP contribution in [-0.4, -0.2) is 52.9 Å². The summed E-state index contributed by atoms with van der Waals surface area (Å²) in [7, 11) is 0. The second kappa shape index (κ2) is 7.08. The quantitative estimate of drug-likeness (QED) is 0.535. The Labute approximate surface area is 161 Å². The highest BCUT2D eigenvalue weighted by Crippen LogP contribution is 2.28. The standard InChI is InChI=1S/C19H20N8O/c1-13-21-18(28-25-13)12-26-9-6-14(7-10-26)19-23-22-17-5-4-16(24-27(17)19)15-3-2-8-20-11-15/h2-5,8,11,14H,6-7,9-10,12H2,1H3. The maximum atomic E-state index is 5.23. The van der Waals surface area contributed by atoms with Crippen molar-refractivity contribution in [3.8, 4) is 11.3 Å². The van der Waals surface area contributed by atoms with E-state index in [4.69, 9.17) is 9.62 Å². The largest absolute Gasteiger partial charge is 0.338 e. The van der Waals surface area contributed by atoms with Gasteiger partial charge in [-0.05, 0) is 57.1 Å². The van der Waals surface area contributed by atoms with Gasteiger partial charge in [0.05, 0.1) is 12.2 Å². The van der Waals surface area contributed by atoms with E-state index < -0.39 is 0 Å². The SMILES string of the molecule is Cc1noc(CN2CCC(c3nnc4ccc(-c5cccnc5)nn34)CC2)n1. The number of hydrogen-bond donors (Lipinski definition) is 0. The second-order valence-electron chi connectivity index (χ2n) is 7.07. The van der Waals surface area contributed by atoms with Crippen LogP contribution in [-0.2, 0) is 6.54 Å². The number of fused-ring (bicyclic) bond motifs is 1. The fourth-order valence-electron chi connectivity index (χ4n) is 3.67. The Kier molecular flexibility index (Phi) is 4.28. The first kappa shape index (κ1) is 16.9. The van der Waals surface area contributed by atoms with Crippen LogP contribution in [0.25, 0.3) is 16.9 Å². The van der Waals surface area contributed by atoms with Gasteiger partial charge in [-0.3, -0.25) is 9.88 Å². The predicted octanol–water partition coefficient (Wildman–Crippen LogP) is 2.26. The Hall–Kier alpha value is -3.20. The smallest absolute Gasteiger partial charge is 0.240 e. The molecule has 28 heavy (non-hydrogen) atoms. The monoisotopic (exact) mass is 376 g/mol. The van der Waals surface area contributed by atoms with Crippen molar-refractivity contribution in [1.29, 1.82) is 0 Å². The van der Waals surface area contributed by atoms with Gasteiger partial charge in [-0.2, -0.15) is 14.6 Å². The zero-order chi connectivity index (χ0) is 18.9. The van der Waals surface area contributed by atoms with Crippen LogP contribution in [0.3, 0.4) is 0 Å². The van der Waals surface area contributed by atoms with Gasteiger partial charge in [0.1, 0.15) is 0 Å². The second-order valence-corrected chi connectivity index (χ2v) is 7.07. The molecular formula is C19H20N8O. The molecule has 1 saturated heterocycles. The number of aromatic nitrogens is 7. The summed E-state index contributed by atoms with van der Waals surface area (Å²) < 4.78 is 7.11. The molecule has 0 unspecified atom stereocenters. The Balaban J connectivity index is 1.34. The highest BCUT2D eigenvalue weighted by Gasteiger charge is 2.26. The lowest BCUT2D eigenvalue weighted by Gasteiger charge is -2.29. The van der Waals surface area contributed by atoms with Crippen LogP contribution in [0.15, 0.2) is 41.2 Å². The van der Waals surface area contributed by atoms with Crippen molar-refractivity contribution in [1.82, 2.24) is 39.8 Å². The van der Waals surface area contributed by atoms with Crippen molar-refractivity contribution in [2.45, 2.75) is 32.2 Å². The average molecular weight is 376 g/mol. The van der Waals surface area contributed by atoms with Crippen LogP contribution in [0.5, 0.6) is 0 Å². The van der Waals surface area contributed by atoms with Gasteiger partial charge in [-0.1, -0.05) is 5.16 Å². The molecule has 9 heteroatoms.